The summed E-state index contributed by atoms with van der Waals surface area (Å²) in [5, 5.41) is 9.56. The van der Waals surface area contributed by atoms with Crippen molar-refractivity contribution in [1.29, 1.82) is 0 Å². The van der Waals surface area contributed by atoms with Crippen molar-refractivity contribution in [2.24, 2.45) is 4.99 Å². The lowest BCUT2D eigenvalue weighted by Gasteiger charge is -2.40. The Hall–Kier alpha value is -1.30. The standard InChI is InChI=1S/C16H28N6O2S.HI/c1-16(2,3)24-15(23)22-8-12(9-22)19-13(17-4)18-7-11-10-25-14(20-11)21(5)6;/h10,12H,7-9H2,1-6H3,(H2,17,18,19);1H. The van der Waals surface area contributed by atoms with Crippen molar-refractivity contribution in [3.8, 4) is 0 Å². The first kappa shape index (κ1) is 22.7. The number of hydrogen-bond donors (Lipinski definition) is 2. The number of thiazole rings is 1. The number of rotatable bonds is 4. The number of aliphatic imine (C=N–C) groups is 1. The number of guanidine groups is 1. The van der Waals surface area contributed by atoms with Gasteiger partial charge in [0.05, 0.1) is 18.3 Å². The van der Waals surface area contributed by atoms with E-state index in [1.54, 1.807) is 23.3 Å². The SMILES string of the molecule is CN=C(NCc1csc(N(C)C)n1)NC1CN(C(=O)OC(C)(C)C)C1.I. The maximum atomic E-state index is 11.9. The number of amides is 1. The molecule has 2 heterocycles. The molecule has 0 saturated carbocycles. The van der Waals surface area contributed by atoms with Crippen LogP contribution in [0.4, 0.5) is 9.93 Å². The summed E-state index contributed by atoms with van der Waals surface area (Å²) in [4.78, 5) is 24.3. The number of nitrogens with one attached hydrogen (secondary N) is 2. The molecule has 0 bridgehead atoms. The topological polar surface area (TPSA) is 82.1 Å². The summed E-state index contributed by atoms with van der Waals surface area (Å²) < 4.78 is 5.35. The molecule has 1 aliphatic rings. The molecule has 8 nitrogen and oxygen atoms in total. The molecule has 2 rings (SSSR count). The van der Waals surface area contributed by atoms with E-state index in [-0.39, 0.29) is 36.1 Å². The highest BCUT2D eigenvalue weighted by Gasteiger charge is 2.34. The fraction of sp³-hybridized carbons (Fsp3) is 0.688. The fourth-order valence-corrected chi connectivity index (χ4v) is 2.95. The van der Waals surface area contributed by atoms with Crippen LogP contribution in [-0.4, -0.2) is 67.8 Å². The van der Waals surface area contributed by atoms with Gasteiger partial charge in [0, 0.05) is 39.6 Å². The van der Waals surface area contributed by atoms with Gasteiger partial charge >= 0.3 is 6.09 Å². The fourth-order valence-electron chi connectivity index (χ4n) is 2.19. The van der Waals surface area contributed by atoms with E-state index in [0.29, 0.717) is 25.6 Å². The number of ether oxygens (including phenoxy) is 1. The smallest absolute Gasteiger partial charge is 0.410 e. The summed E-state index contributed by atoms with van der Waals surface area (Å²) >= 11 is 1.61. The summed E-state index contributed by atoms with van der Waals surface area (Å²) in [6, 6.07) is 0.173. The molecule has 1 fully saturated rings. The third kappa shape index (κ3) is 6.78. The van der Waals surface area contributed by atoms with Crippen molar-refractivity contribution in [1.82, 2.24) is 20.5 Å². The maximum Gasteiger partial charge on any atom is 0.410 e. The van der Waals surface area contributed by atoms with Crippen molar-refractivity contribution in [2.75, 3.05) is 39.1 Å². The number of hydrogen-bond acceptors (Lipinski definition) is 6. The molecular weight excluding hydrogens is 467 g/mol. The van der Waals surface area contributed by atoms with Gasteiger partial charge in [-0.05, 0) is 20.8 Å². The van der Waals surface area contributed by atoms with Gasteiger partial charge in [0.2, 0.25) is 0 Å². The number of carbonyl (C=O) groups is 1. The third-order valence-electron chi connectivity index (χ3n) is 3.46. The van der Waals surface area contributed by atoms with Crippen LogP contribution >= 0.6 is 35.3 Å². The minimum Gasteiger partial charge on any atom is -0.444 e. The minimum absolute atomic E-state index is 0. The number of nitrogens with zero attached hydrogens (tertiary/aromatic N) is 4. The van der Waals surface area contributed by atoms with Crippen LogP contribution in [0.5, 0.6) is 0 Å². The Morgan fingerprint density at radius 3 is 2.62 bits per heavy atom. The average molecular weight is 496 g/mol. The van der Waals surface area contributed by atoms with Crippen LogP contribution in [0, 0.1) is 0 Å². The Morgan fingerprint density at radius 2 is 2.12 bits per heavy atom. The zero-order chi connectivity index (χ0) is 18.6. The van der Waals surface area contributed by atoms with E-state index in [1.807, 2.05) is 45.1 Å². The highest BCUT2D eigenvalue weighted by Crippen LogP contribution is 2.18. The van der Waals surface area contributed by atoms with Crippen LogP contribution in [0.3, 0.4) is 0 Å². The molecule has 0 spiro atoms. The highest BCUT2D eigenvalue weighted by atomic mass is 127. The monoisotopic (exact) mass is 496 g/mol. The molecule has 1 saturated heterocycles. The van der Waals surface area contributed by atoms with E-state index in [0.717, 1.165) is 10.8 Å². The number of halogens is 1. The Kier molecular flexibility index (Phi) is 8.38. The third-order valence-corrected chi connectivity index (χ3v) is 4.51. The maximum absolute atomic E-state index is 11.9. The van der Waals surface area contributed by atoms with Gasteiger partial charge in [-0.2, -0.15) is 0 Å². The first-order valence-corrected chi connectivity index (χ1v) is 9.12. The van der Waals surface area contributed by atoms with Gasteiger partial charge < -0.3 is 25.2 Å². The van der Waals surface area contributed by atoms with Gasteiger partial charge in [-0.15, -0.1) is 35.3 Å². The van der Waals surface area contributed by atoms with Crippen LogP contribution in [0.15, 0.2) is 10.4 Å². The van der Waals surface area contributed by atoms with E-state index in [4.69, 9.17) is 4.74 Å². The summed E-state index contributed by atoms with van der Waals surface area (Å²) in [5.74, 6) is 0.702. The van der Waals surface area contributed by atoms with Gasteiger partial charge in [-0.25, -0.2) is 9.78 Å². The summed E-state index contributed by atoms with van der Waals surface area (Å²) in [5.41, 5.74) is 0.507. The molecule has 1 amide bonds. The lowest BCUT2D eigenvalue weighted by Crippen LogP contribution is -2.63. The molecule has 1 aromatic rings. The predicted molar refractivity (Wildman–Crippen MR) is 117 cm³/mol. The van der Waals surface area contributed by atoms with Crippen LogP contribution in [0.25, 0.3) is 0 Å². The summed E-state index contributed by atoms with van der Waals surface area (Å²) in [6.45, 7) is 7.42. The van der Waals surface area contributed by atoms with E-state index >= 15 is 0 Å². The van der Waals surface area contributed by atoms with E-state index in [9.17, 15) is 4.79 Å². The van der Waals surface area contributed by atoms with E-state index < -0.39 is 5.60 Å². The number of anilines is 1. The largest absolute Gasteiger partial charge is 0.444 e. The van der Waals surface area contributed by atoms with Crippen LogP contribution in [0.1, 0.15) is 26.5 Å². The van der Waals surface area contributed by atoms with E-state index in [2.05, 4.69) is 20.6 Å². The molecule has 26 heavy (non-hydrogen) atoms. The molecule has 0 atom stereocenters. The van der Waals surface area contributed by atoms with Gasteiger partial charge in [0.25, 0.3) is 0 Å². The molecule has 0 aliphatic carbocycles. The molecule has 0 aromatic carbocycles. The molecule has 0 radical (unpaired) electrons. The second kappa shape index (κ2) is 9.58. The molecule has 148 valence electrons. The van der Waals surface area contributed by atoms with Crippen molar-refractivity contribution >= 4 is 52.5 Å². The molecule has 2 N–H and O–H groups in total. The van der Waals surface area contributed by atoms with Crippen molar-refractivity contribution in [3.05, 3.63) is 11.1 Å². The Morgan fingerprint density at radius 1 is 1.46 bits per heavy atom. The van der Waals surface area contributed by atoms with Crippen molar-refractivity contribution < 1.29 is 9.53 Å². The Balaban J connectivity index is 0.00000338. The van der Waals surface area contributed by atoms with E-state index in [1.165, 1.54) is 0 Å². The van der Waals surface area contributed by atoms with Gasteiger partial charge in [-0.3, -0.25) is 4.99 Å². The second-order valence-electron chi connectivity index (χ2n) is 7.17. The van der Waals surface area contributed by atoms with Crippen molar-refractivity contribution in [2.45, 2.75) is 39.0 Å². The van der Waals surface area contributed by atoms with Gasteiger partial charge in [0.15, 0.2) is 11.1 Å². The summed E-state index contributed by atoms with van der Waals surface area (Å²) in [7, 11) is 5.68. The van der Waals surface area contributed by atoms with Crippen LogP contribution < -0.4 is 15.5 Å². The molecule has 1 aromatic heterocycles. The van der Waals surface area contributed by atoms with Crippen molar-refractivity contribution in [3.63, 3.8) is 0 Å². The highest BCUT2D eigenvalue weighted by molar-refractivity contribution is 14.0. The first-order chi connectivity index (χ1) is 11.7. The zero-order valence-electron chi connectivity index (χ0n) is 16.2. The number of likely N-dealkylation sites (tertiary alicyclic amines) is 1. The molecule has 0 unspecified atom stereocenters. The lowest BCUT2D eigenvalue weighted by molar-refractivity contribution is 0.00701. The van der Waals surface area contributed by atoms with Crippen LogP contribution in [0.2, 0.25) is 0 Å². The van der Waals surface area contributed by atoms with Gasteiger partial charge in [-0.1, -0.05) is 0 Å². The van der Waals surface area contributed by atoms with Crippen LogP contribution in [-0.2, 0) is 11.3 Å². The Bertz CT molecular complexity index is 623. The zero-order valence-corrected chi connectivity index (χ0v) is 19.3. The molecule has 10 heteroatoms. The first-order valence-electron chi connectivity index (χ1n) is 8.25. The lowest BCUT2D eigenvalue weighted by atomic mass is 10.1. The quantitative estimate of drug-likeness (QED) is 0.378. The Labute approximate surface area is 176 Å². The number of aromatic nitrogens is 1. The number of carbonyl (C=O) groups excluding carboxylic acids is 1. The van der Waals surface area contributed by atoms with Gasteiger partial charge in [0.1, 0.15) is 5.60 Å². The average Bonchev–Trinajstić information content (AvgIpc) is 2.92. The molecule has 1 aliphatic heterocycles. The minimum atomic E-state index is -0.466. The predicted octanol–water partition coefficient (Wildman–Crippen LogP) is 2.11. The molecular formula is C16H29IN6O2S. The normalized spacial score (nSPS) is 15.0. The summed E-state index contributed by atoms with van der Waals surface area (Å²) in [6.07, 6.45) is -0.271. The second-order valence-corrected chi connectivity index (χ2v) is 8.00.